The third kappa shape index (κ3) is 3.75. The Balaban J connectivity index is 2.27. The zero-order valence-corrected chi connectivity index (χ0v) is 11.8. The molecule has 0 spiro atoms. The van der Waals surface area contributed by atoms with E-state index in [4.69, 9.17) is 4.74 Å². The van der Waals surface area contributed by atoms with E-state index in [9.17, 15) is 18.0 Å². The minimum absolute atomic E-state index is 0.0387. The first kappa shape index (κ1) is 15.8. The van der Waals surface area contributed by atoms with Gasteiger partial charge < -0.3 is 4.74 Å². The molecule has 0 saturated heterocycles. The number of halogens is 3. The molecule has 0 amide bonds. The van der Waals surface area contributed by atoms with Gasteiger partial charge in [0.15, 0.2) is 17.5 Å². The number of ether oxygens (including phenoxy) is 1. The molecule has 1 unspecified atom stereocenters. The van der Waals surface area contributed by atoms with Gasteiger partial charge in [0.25, 0.3) is 0 Å². The largest absolute Gasteiger partial charge is 0.465 e. The maximum Gasteiger partial charge on any atom is 0.327 e. The van der Waals surface area contributed by atoms with Gasteiger partial charge in [-0.15, -0.1) is 0 Å². The van der Waals surface area contributed by atoms with Crippen molar-refractivity contribution < 1.29 is 22.7 Å². The highest BCUT2D eigenvalue weighted by molar-refractivity contribution is 5.77. The molecular weight excluding hydrogens is 283 g/mol. The molecule has 2 rings (SSSR count). The quantitative estimate of drug-likeness (QED) is 0.670. The molecular formula is C15H18F3NO2. The van der Waals surface area contributed by atoms with Gasteiger partial charge in [0.2, 0.25) is 0 Å². The smallest absolute Gasteiger partial charge is 0.327 e. The van der Waals surface area contributed by atoms with Crippen LogP contribution in [0.1, 0.15) is 44.2 Å². The summed E-state index contributed by atoms with van der Waals surface area (Å²) in [4.78, 5) is 12.0. The third-order valence-corrected chi connectivity index (χ3v) is 3.62. The molecule has 1 fully saturated rings. The monoisotopic (exact) mass is 301 g/mol. The van der Waals surface area contributed by atoms with Gasteiger partial charge in [0.05, 0.1) is 6.61 Å². The molecule has 6 heteroatoms. The van der Waals surface area contributed by atoms with Gasteiger partial charge in [-0.1, -0.05) is 12.8 Å². The van der Waals surface area contributed by atoms with Crippen molar-refractivity contribution in [3.8, 4) is 0 Å². The highest BCUT2D eigenvalue weighted by Crippen LogP contribution is 2.25. The van der Waals surface area contributed by atoms with Crippen molar-refractivity contribution >= 4 is 5.97 Å². The predicted molar refractivity (Wildman–Crippen MR) is 71.1 cm³/mol. The van der Waals surface area contributed by atoms with Crippen molar-refractivity contribution in [2.45, 2.75) is 44.7 Å². The summed E-state index contributed by atoms with van der Waals surface area (Å²) >= 11 is 0. The Kier molecular flexibility index (Phi) is 5.22. The molecule has 3 nitrogen and oxygen atoms in total. The number of rotatable bonds is 5. The number of carbonyl (C=O) groups excluding carboxylic acids is 1. The van der Waals surface area contributed by atoms with Crippen LogP contribution >= 0.6 is 0 Å². The number of esters is 1. The SMILES string of the molecule is CCOC(=O)C(NC1CCCC1)c1cc(F)c(F)c(F)c1. The Morgan fingerprint density at radius 3 is 2.38 bits per heavy atom. The molecule has 1 N–H and O–H groups in total. The molecule has 116 valence electrons. The summed E-state index contributed by atoms with van der Waals surface area (Å²) in [7, 11) is 0. The molecule has 1 saturated carbocycles. The van der Waals surface area contributed by atoms with E-state index in [1.807, 2.05) is 0 Å². The fourth-order valence-electron chi connectivity index (χ4n) is 2.60. The molecule has 0 heterocycles. The lowest BCUT2D eigenvalue weighted by atomic mass is 10.0. The maximum absolute atomic E-state index is 13.4. The van der Waals surface area contributed by atoms with Gasteiger partial charge in [-0.2, -0.15) is 0 Å². The second-order valence-corrected chi connectivity index (χ2v) is 5.13. The van der Waals surface area contributed by atoms with E-state index in [1.165, 1.54) is 0 Å². The van der Waals surface area contributed by atoms with Crippen LogP contribution < -0.4 is 5.32 Å². The van der Waals surface area contributed by atoms with Crippen LogP contribution in [-0.4, -0.2) is 18.6 Å². The topological polar surface area (TPSA) is 38.3 Å². The summed E-state index contributed by atoms with van der Waals surface area (Å²) in [5.74, 6) is -4.78. The molecule has 0 bridgehead atoms. The van der Waals surface area contributed by atoms with E-state index in [-0.39, 0.29) is 18.2 Å². The standard InChI is InChI=1S/C15H18F3NO2/c1-2-21-15(20)14(19-10-5-3-4-6-10)9-7-11(16)13(18)12(17)8-9/h7-8,10,14,19H,2-6H2,1H3. The highest BCUT2D eigenvalue weighted by Gasteiger charge is 2.28. The highest BCUT2D eigenvalue weighted by atomic mass is 19.2. The minimum Gasteiger partial charge on any atom is -0.465 e. The lowest BCUT2D eigenvalue weighted by Gasteiger charge is -2.22. The van der Waals surface area contributed by atoms with Gasteiger partial charge in [0, 0.05) is 6.04 Å². The fourth-order valence-corrected chi connectivity index (χ4v) is 2.60. The number of hydrogen-bond donors (Lipinski definition) is 1. The lowest BCUT2D eigenvalue weighted by Crippen LogP contribution is -2.36. The maximum atomic E-state index is 13.4. The van der Waals surface area contributed by atoms with E-state index >= 15 is 0 Å². The molecule has 0 aromatic heterocycles. The molecule has 1 atom stereocenters. The summed E-state index contributed by atoms with van der Waals surface area (Å²) in [5, 5.41) is 3.06. The summed E-state index contributed by atoms with van der Waals surface area (Å²) in [6.07, 6.45) is 3.86. The number of benzene rings is 1. The van der Waals surface area contributed by atoms with Crippen molar-refractivity contribution in [2.24, 2.45) is 0 Å². The van der Waals surface area contributed by atoms with Crippen LogP contribution in [0.5, 0.6) is 0 Å². The Morgan fingerprint density at radius 2 is 1.86 bits per heavy atom. The summed E-state index contributed by atoms with van der Waals surface area (Å²) in [6, 6.07) is 0.775. The first-order valence-electron chi connectivity index (χ1n) is 7.10. The summed E-state index contributed by atoms with van der Waals surface area (Å²) in [6.45, 7) is 1.81. The second-order valence-electron chi connectivity index (χ2n) is 5.13. The lowest BCUT2D eigenvalue weighted by molar-refractivity contribution is -0.146. The fraction of sp³-hybridized carbons (Fsp3) is 0.533. The van der Waals surface area contributed by atoms with Gasteiger partial charge in [-0.05, 0) is 37.5 Å². The van der Waals surface area contributed by atoms with E-state index < -0.39 is 29.5 Å². The Morgan fingerprint density at radius 1 is 1.29 bits per heavy atom. The molecule has 21 heavy (non-hydrogen) atoms. The van der Waals surface area contributed by atoms with Crippen LogP contribution in [0.2, 0.25) is 0 Å². The van der Waals surface area contributed by atoms with Gasteiger partial charge in [-0.3, -0.25) is 5.32 Å². The van der Waals surface area contributed by atoms with Crippen LogP contribution in [0.3, 0.4) is 0 Å². The minimum atomic E-state index is -1.54. The number of nitrogens with one attached hydrogen (secondary N) is 1. The Labute approximate surface area is 121 Å². The molecule has 1 aromatic carbocycles. The molecule has 1 aliphatic rings. The zero-order valence-electron chi connectivity index (χ0n) is 11.8. The number of hydrogen-bond acceptors (Lipinski definition) is 3. The Hall–Kier alpha value is -1.56. The van der Waals surface area contributed by atoms with E-state index in [2.05, 4.69) is 5.32 Å². The van der Waals surface area contributed by atoms with Crippen LogP contribution in [0.4, 0.5) is 13.2 Å². The normalized spacial score (nSPS) is 17.0. The van der Waals surface area contributed by atoms with E-state index in [1.54, 1.807) is 6.92 Å². The first-order chi connectivity index (χ1) is 10.0. The third-order valence-electron chi connectivity index (χ3n) is 3.62. The summed E-state index contributed by atoms with van der Waals surface area (Å²) in [5.41, 5.74) is 0.0387. The molecule has 1 aliphatic carbocycles. The molecule has 1 aromatic rings. The van der Waals surface area contributed by atoms with E-state index in [0.29, 0.717) is 0 Å². The predicted octanol–water partition coefficient (Wildman–Crippen LogP) is 3.24. The molecule has 0 radical (unpaired) electrons. The van der Waals surface area contributed by atoms with Gasteiger partial charge >= 0.3 is 5.97 Å². The zero-order chi connectivity index (χ0) is 15.4. The number of carbonyl (C=O) groups is 1. The average Bonchev–Trinajstić information content (AvgIpc) is 2.95. The van der Waals surface area contributed by atoms with Gasteiger partial charge in [-0.25, -0.2) is 18.0 Å². The van der Waals surface area contributed by atoms with Crippen molar-refractivity contribution in [3.05, 3.63) is 35.1 Å². The first-order valence-corrected chi connectivity index (χ1v) is 7.10. The van der Waals surface area contributed by atoms with Crippen molar-refractivity contribution in [1.29, 1.82) is 0 Å². The van der Waals surface area contributed by atoms with Crippen LogP contribution in [0.15, 0.2) is 12.1 Å². The molecule has 0 aliphatic heterocycles. The summed E-state index contributed by atoms with van der Waals surface area (Å²) < 4.78 is 44.7. The Bertz CT molecular complexity index is 493. The van der Waals surface area contributed by atoms with Crippen molar-refractivity contribution in [3.63, 3.8) is 0 Å². The average molecular weight is 301 g/mol. The van der Waals surface area contributed by atoms with Crippen LogP contribution in [0.25, 0.3) is 0 Å². The van der Waals surface area contributed by atoms with Crippen molar-refractivity contribution in [2.75, 3.05) is 6.61 Å². The van der Waals surface area contributed by atoms with Crippen molar-refractivity contribution in [1.82, 2.24) is 5.32 Å². The van der Waals surface area contributed by atoms with Crippen LogP contribution in [-0.2, 0) is 9.53 Å². The van der Waals surface area contributed by atoms with E-state index in [0.717, 1.165) is 37.8 Å². The van der Waals surface area contributed by atoms with Gasteiger partial charge in [0.1, 0.15) is 6.04 Å². The van der Waals surface area contributed by atoms with Crippen LogP contribution in [0, 0.1) is 17.5 Å². The second kappa shape index (κ2) is 6.93.